The largest absolute Gasteiger partial charge is 0.501 e. The van der Waals surface area contributed by atoms with Gasteiger partial charge in [0.1, 0.15) is 5.52 Å². The minimum Gasteiger partial charge on any atom is -0.501 e. The van der Waals surface area contributed by atoms with Crippen LogP contribution >= 0.6 is 0 Å². The molecule has 37 heavy (non-hydrogen) atoms. The number of rotatable bonds is 6. The van der Waals surface area contributed by atoms with E-state index in [0.29, 0.717) is 24.0 Å². The first-order valence-corrected chi connectivity index (χ1v) is 11.1. The maximum Gasteiger partial charge on any atom is 0.376 e. The van der Waals surface area contributed by atoms with Crippen molar-refractivity contribution < 1.29 is 19.3 Å². The zero-order valence-corrected chi connectivity index (χ0v) is 19.9. The fourth-order valence-corrected chi connectivity index (χ4v) is 4.43. The van der Waals surface area contributed by atoms with Gasteiger partial charge in [0.25, 0.3) is 11.2 Å². The summed E-state index contributed by atoms with van der Waals surface area (Å²) in [5.41, 5.74) is -4.37. The minimum atomic E-state index is -1.29. The lowest BCUT2D eigenvalue weighted by molar-refractivity contribution is -0.387. The van der Waals surface area contributed by atoms with Crippen LogP contribution in [0.1, 0.15) is 30.7 Å². The first kappa shape index (κ1) is 25.2. The molecule has 0 fully saturated rings. The average Bonchev–Trinajstić information content (AvgIpc) is 2.85. The summed E-state index contributed by atoms with van der Waals surface area (Å²) < 4.78 is 16.5. The van der Waals surface area contributed by atoms with E-state index in [1.54, 1.807) is 13.8 Å². The summed E-state index contributed by atoms with van der Waals surface area (Å²) in [7, 11) is 0. The standard InChI is InChI=1S/C24H20FN5O7/c1-4-13-10-26-11-14(5-2)18(13)28-19-15(22(31)21(24(28)33)30(36)37)9-12(3)27(23(19)32)20-16(25)7-6-8-17(20)29(34)35/h6-11,31H,4-5H2,1-3H3. The molecule has 4 rings (SSSR count). The number of nitro benzene ring substituents is 1. The van der Waals surface area contributed by atoms with Crippen LogP contribution in [0.25, 0.3) is 22.3 Å². The van der Waals surface area contributed by atoms with Crippen LogP contribution in [0.3, 0.4) is 0 Å². The molecular weight excluding hydrogens is 489 g/mol. The number of nitrogens with zero attached hydrogens (tertiary/aromatic N) is 5. The highest BCUT2D eigenvalue weighted by Gasteiger charge is 2.32. The molecule has 3 heterocycles. The summed E-state index contributed by atoms with van der Waals surface area (Å²) >= 11 is 0. The van der Waals surface area contributed by atoms with Crippen molar-refractivity contribution in [3.8, 4) is 17.1 Å². The Morgan fingerprint density at radius 1 is 0.973 bits per heavy atom. The van der Waals surface area contributed by atoms with Crippen molar-refractivity contribution in [1.29, 1.82) is 0 Å². The van der Waals surface area contributed by atoms with Crippen molar-refractivity contribution in [1.82, 2.24) is 14.1 Å². The van der Waals surface area contributed by atoms with Gasteiger partial charge in [-0.15, -0.1) is 0 Å². The lowest BCUT2D eigenvalue weighted by Crippen LogP contribution is -2.31. The molecule has 0 aliphatic rings. The van der Waals surface area contributed by atoms with E-state index in [9.17, 15) is 39.3 Å². The lowest BCUT2D eigenvalue weighted by Gasteiger charge is -2.19. The van der Waals surface area contributed by atoms with E-state index in [2.05, 4.69) is 4.98 Å². The van der Waals surface area contributed by atoms with Crippen LogP contribution in [0, 0.1) is 33.0 Å². The van der Waals surface area contributed by atoms with Gasteiger partial charge in [-0.3, -0.25) is 43.9 Å². The second-order valence-electron chi connectivity index (χ2n) is 8.16. The monoisotopic (exact) mass is 509 g/mol. The van der Waals surface area contributed by atoms with Crippen molar-refractivity contribution >= 4 is 22.3 Å². The number of para-hydroxylation sites is 1. The summed E-state index contributed by atoms with van der Waals surface area (Å²) in [5, 5.41) is 33.9. The molecule has 0 saturated carbocycles. The highest BCUT2D eigenvalue weighted by Crippen LogP contribution is 2.34. The number of hydrogen-bond donors (Lipinski definition) is 1. The molecule has 190 valence electrons. The van der Waals surface area contributed by atoms with Crippen molar-refractivity contribution in [2.75, 3.05) is 0 Å². The zero-order chi connectivity index (χ0) is 27.2. The van der Waals surface area contributed by atoms with Crippen LogP contribution in [0.2, 0.25) is 0 Å². The Morgan fingerprint density at radius 3 is 2.14 bits per heavy atom. The van der Waals surface area contributed by atoms with Crippen LogP contribution < -0.4 is 11.1 Å². The predicted octanol–water partition coefficient (Wildman–Crippen LogP) is 3.63. The first-order chi connectivity index (χ1) is 17.5. The summed E-state index contributed by atoms with van der Waals surface area (Å²) in [6.07, 6.45) is 3.55. The van der Waals surface area contributed by atoms with Gasteiger partial charge >= 0.3 is 11.2 Å². The Balaban J connectivity index is 2.36. The smallest absolute Gasteiger partial charge is 0.376 e. The molecule has 3 aromatic heterocycles. The van der Waals surface area contributed by atoms with E-state index in [-0.39, 0.29) is 16.8 Å². The summed E-state index contributed by atoms with van der Waals surface area (Å²) in [5.74, 6) is -2.12. The molecule has 0 aliphatic heterocycles. The number of nitro groups is 2. The van der Waals surface area contributed by atoms with Crippen LogP contribution in [0.15, 0.2) is 46.2 Å². The van der Waals surface area contributed by atoms with Gasteiger partial charge < -0.3 is 5.11 Å². The van der Waals surface area contributed by atoms with Crippen LogP contribution in [-0.4, -0.2) is 29.1 Å². The van der Waals surface area contributed by atoms with Gasteiger partial charge in [0.2, 0.25) is 5.75 Å². The number of fused-ring (bicyclic) bond motifs is 1. The van der Waals surface area contributed by atoms with Gasteiger partial charge in [-0.25, -0.2) is 4.39 Å². The van der Waals surface area contributed by atoms with Crippen LogP contribution in [0.4, 0.5) is 15.8 Å². The fourth-order valence-electron chi connectivity index (χ4n) is 4.43. The van der Waals surface area contributed by atoms with E-state index in [4.69, 9.17) is 0 Å². The number of pyridine rings is 3. The minimum absolute atomic E-state index is 0.0679. The van der Waals surface area contributed by atoms with E-state index < -0.39 is 55.1 Å². The lowest BCUT2D eigenvalue weighted by atomic mass is 10.0. The molecule has 13 heteroatoms. The number of aromatic nitrogens is 3. The zero-order valence-electron chi connectivity index (χ0n) is 19.9. The van der Waals surface area contributed by atoms with Gasteiger partial charge in [-0.2, -0.15) is 0 Å². The second kappa shape index (κ2) is 9.26. The Bertz CT molecular complexity index is 1720. The summed E-state index contributed by atoms with van der Waals surface area (Å²) in [6, 6.07) is 4.21. The molecule has 1 N–H and O–H groups in total. The fraction of sp³-hybridized carbons (Fsp3) is 0.208. The summed E-state index contributed by atoms with van der Waals surface area (Å²) in [6.45, 7) is 4.83. The molecule has 4 aromatic rings. The normalized spacial score (nSPS) is 11.1. The van der Waals surface area contributed by atoms with E-state index in [1.165, 1.54) is 19.3 Å². The van der Waals surface area contributed by atoms with Crippen molar-refractivity contribution in [2.45, 2.75) is 33.6 Å². The van der Waals surface area contributed by atoms with E-state index in [1.807, 2.05) is 0 Å². The topological polar surface area (TPSA) is 163 Å². The van der Waals surface area contributed by atoms with Crippen molar-refractivity contribution in [3.63, 3.8) is 0 Å². The van der Waals surface area contributed by atoms with Gasteiger partial charge in [0, 0.05) is 24.2 Å². The maximum absolute atomic E-state index is 15.0. The number of halogens is 1. The van der Waals surface area contributed by atoms with Gasteiger partial charge in [0.15, 0.2) is 11.5 Å². The Hall–Kier alpha value is -4.94. The third-order valence-corrected chi connectivity index (χ3v) is 6.10. The number of aromatic hydroxyl groups is 1. The highest BCUT2D eigenvalue weighted by molar-refractivity contribution is 5.90. The van der Waals surface area contributed by atoms with Crippen LogP contribution in [0.5, 0.6) is 5.75 Å². The molecule has 0 unspecified atom stereocenters. The first-order valence-electron chi connectivity index (χ1n) is 11.1. The van der Waals surface area contributed by atoms with Gasteiger partial charge in [0.05, 0.1) is 20.9 Å². The molecular formula is C24H20FN5O7. The molecule has 0 bridgehead atoms. The van der Waals surface area contributed by atoms with Crippen molar-refractivity contribution in [3.05, 3.63) is 100 Å². The Morgan fingerprint density at radius 2 is 1.59 bits per heavy atom. The molecule has 0 saturated heterocycles. The Labute approximate surface area is 207 Å². The highest BCUT2D eigenvalue weighted by atomic mass is 19.1. The predicted molar refractivity (Wildman–Crippen MR) is 131 cm³/mol. The van der Waals surface area contributed by atoms with Gasteiger partial charge in [-0.05, 0) is 43.0 Å². The maximum atomic E-state index is 15.0. The molecule has 0 radical (unpaired) electrons. The van der Waals surface area contributed by atoms with E-state index in [0.717, 1.165) is 33.4 Å². The Kier molecular flexibility index (Phi) is 6.30. The molecule has 0 atom stereocenters. The molecule has 12 nitrogen and oxygen atoms in total. The SMILES string of the molecule is CCc1cncc(CC)c1-n1c(=O)c([N+](=O)[O-])c(O)c2cc(C)n(-c3c(F)cccc3[N+](=O)[O-])c(=O)c21. The van der Waals surface area contributed by atoms with Crippen molar-refractivity contribution in [2.24, 2.45) is 0 Å². The van der Waals surface area contributed by atoms with Gasteiger partial charge in [-0.1, -0.05) is 19.9 Å². The number of aryl methyl sites for hydroxylation is 3. The molecule has 0 aliphatic carbocycles. The molecule has 1 aromatic carbocycles. The third-order valence-electron chi connectivity index (χ3n) is 6.10. The van der Waals surface area contributed by atoms with Crippen LogP contribution in [-0.2, 0) is 12.8 Å². The number of hydrogen-bond acceptors (Lipinski definition) is 8. The molecule has 0 spiro atoms. The number of benzene rings is 1. The average molecular weight is 509 g/mol. The quantitative estimate of drug-likeness (QED) is 0.304. The summed E-state index contributed by atoms with van der Waals surface area (Å²) in [4.78, 5) is 53.2. The van der Waals surface area contributed by atoms with E-state index >= 15 is 0 Å². The molecule has 0 amide bonds. The third kappa shape index (κ3) is 3.80. The second-order valence-corrected chi connectivity index (χ2v) is 8.16.